The number of likely N-dealkylation sites (N-methyl/N-ethyl adjacent to an activating group) is 1. The van der Waals surface area contributed by atoms with Crippen molar-refractivity contribution in [2.75, 3.05) is 26.7 Å². The van der Waals surface area contributed by atoms with Gasteiger partial charge < -0.3 is 14.7 Å². The van der Waals surface area contributed by atoms with Crippen LogP contribution in [0.15, 0.2) is 24.3 Å². The van der Waals surface area contributed by atoms with Crippen LogP contribution in [0.25, 0.3) is 0 Å². The lowest BCUT2D eigenvalue weighted by atomic mass is 10.0. The molecule has 0 bridgehead atoms. The smallest absolute Gasteiger partial charge is 0.167 e. The van der Waals surface area contributed by atoms with Gasteiger partial charge in [0.25, 0.3) is 0 Å². The predicted octanol–water partition coefficient (Wildman–Crippen LogP) is 0.834. The second-order valence-electron chi connectivity index (χ2n) is 4.43. The van der Waals surface area contributed by atoms with Gasteiger partial charge in [0.15, 0.2) is 5.78 Å². The van der Waals surface area contributed by atoms with Crippen molar-refractivity contribution in [1.29, 1.82) is 0 Å². The number of ketones is 1. The van der Waals surface area contributed by atoms with Crippen LogP contribution in [-0.2, 0) is 16.0 Å². The van der Waals surface area contributed by atoms with Crippen molar-refractivity contribution in [3.63, 3.8) is 0 Å². The quantitative estimate of drug-likeness (QED) is 0.843. The molecule has 0 saturated carbocycles. The van der Waals surface area contributed by atoms with Gasteiger partial charge in [-0.3, -0.25) is 4.79 Å². The summed E-state index contributed by atoms with van der Waals surface area (Å²) in [6.07, 6.45) is -0.0245. The molecule has 92 valence electrons. The van der Waals surface area contributed by atoms with E-state index in [2.05, 4.69) is 4.90 Å². The fourth-order valence-electron chi connectivity index (χ4n) is 1.95. The SMILES string of the molecule is CN1CCOC(C(=O)Cc2cccc(O)c2)C1. The van der Waals surface area contributed by atoms with Crippen molar-refractivity contribution in [3.8, 4) is 5.75 Å². The molecule has 0 spiro atoms. The van der Waals surface area contributed by atoms with E-state index in [9.17, 15) is 9.90 Å². The summed E-state index contributed by atoms with van der Waals surface area (Å²) in [7, 11) is 1.98. The third-order valence-corrected chi connectivity index (χ3v) is 2.92. The number of Topliss-reactive ketones (excluding diaryl/α,β-unsaturated/α-hetero) is 1. The van der Waals surface area contributed by atoms with Crippen LogP contribution >= 0.6 is 0 Å². The van der Waals surface area contributed by atoms with Gasteiger partial charge in [0.2, 0.25) is 0 Å². The summed E-state index contributed by atoms with van der Waals surface area (Å²) < 4.78 is 5.46. The second kappa shape index (κ2) is 5.29. The van der Waals surface area contributed by atoms with E-state index in [0.29, 0.717) is 19.6 Å². The standard InChI is InChI=1S/C13H17NO3/c1-14-5-6-17-13(9-14)12(16)8-10-3-2-4-11(15)7-10/h2-4,7,13,15H,5-6,8-9H2,1H3. The third kappa shape index (κ3) is 3.28. The monoisotopic (exact) mass is 235 g/mol. The number of benzene rings is 1. The number of ether oxygens (including phenoxy) is 1. The summed E-state index contributed by atoms with van der Waals surface area (Å²) in [6.45, 7) is 2.13. The first-order valence-electron chi connectivity index (χ1n) is 5.76. The van der Waals surface area contributed by atoms with Crippen LogP contribution in [0.5, 0.6) is 5.75 Å². The van der Waals surface area contributed by atoms with Crippen molar-refractivity contribution in [2.45, 2.75) is 12.5 Å². The first-order chi connectivity index (χ1) is 8.15. The topological polar surface area (TPSA) is 49.8 Å². The number of hydrogen-bond donors (Lipinski definition) is 1. The van der Waals surface area contributed by atoms with Crippen LogP contribution in [0.1, 0.15) is 5.56 Å². The van der Waals surface area contributed by atoms with Crippen molar-refractivity contribution in [1.82, 2.24) is 4.90 Å². The van der Waals surface area contributed by atoms with E-state index < -0.39 is 0 Å². The van der Waals surface area contributed by atoms with Gasteiger partial charge in [-0.25, -0.2) is 0 Å². The number of nitrogens with zero attached hydrogens (tertiary/aromatic N) is 1. The Hall–Kier alpha value is -1.39. The summed E-state index contributed by atoms with van der Waals surface area (Å²) in [5, 5.41) is 9.33. The molecule has 1 atom stereocenters. The molecule has 1 aromatic carbocycles. The lowest BCUT2D eigenvalue weighted by Gasteiger charge is -2.29. The van der Waals surface area contributed by atoms with Gasteiger partial charge in [-0.05, 0) is 24.7 Å². The second-order valence-corrected chi connectivity index (χ2v) is 4.43. The van der Waals surface area contributed by atoms with Crippen molar-refractivity contribution >= 4 is 5.78 Å². The first kappa shape index (κ1) is 12.1. The third-order valence-electron chi connectivity index (χ3n) is 2.92. The molecule has 0 radical (unpaired) electrons. The zero-order valence-corrected chi connectivity index (χ0v) is 9.93. The van der Waals surface area contributed by atoms with Crippen LogP contribution in [0, 0.1) is 0 Å². The maximum absolute atomic E-state index is 12.0. The number of phenols is 1. The Labute approximate surface area is 101 Å². The van der Waals surface area contributed by atoms with E-state index in [1.54, 1.807) is 18.2 Å². The van der Waals surface area contributed by atoms with E-state index >= 15 is 0 Å². The number of carbonyl (C=O) groups excluding carboxylic acids is 1. The van der Waals surface area contributed by atoms with E-state index in [1.807, 2.05) is 13.1 Å². The fourth-order valence-corrected chi connectivity index (χ4v) is 1.95. The normalized spacial score (nSPS) is 21.4. The largest absolute Gasteiger partial charge is 0.508 e. The molecule has 1 heterocycles. The minimum atomic E-state index is -0.337. The Bertz CT molecular complexity index is 405. The van der Waals surface area contributed by atoms with Gasteiger partial charge in [-0.15, -0.1) is 0 Å². The average Bonchev–Trinajstić information content (AvgIpc) is 2.29. The highest BCUT2D eigenvalue weighted by Gasteiger charge is 2.24. The molecule has 1 N–H and O–H groups in total. The Kier molecular flexibility index (Phi) is 3.76. The van der Waals surface area contributed by atoms with Gasteiger partial charge >= 0.3 is 0 Å². The molecule has 4 nitrogen and oxygen atoms in total. The van der Waals surface area contributed by atoms with Crippen molar-refractivity contribution in [3.05, 3.63) is 29.8 Å². The number of aromatic hydroxyl groups is 1. The highest BCUT2D eigenvalue weighted by Crippen LogP contribution is 2.13. The molecule has 1 saturated heterocycles. The Balaban J connectivity index is 1.96. The zero-order chi connectivity index (χ0) is 12.3. The number of morpholine rings is 1. The number of hydrogen-bond acceptors (Lipinski definition) is 4. The predicted molar refractivity (Wildman–Crippen MR) is 64.1 cm³/mol. The fraction of sp³-hybridized carbons (Fsp3) is 0.462. The summed E-state index contributed by atoms with van der Waals surface area (Å²) in [5.74, 6) is 0.263. The zero-order valence-electron chi connectivity index (χ0n) is 9.93. The van der Waals surface area contributed by atoms with E-state index in [4.69, 9.17) is 4.74 Å². The van der Waals surface area contributed by atoms with Crippen molar-refractivity contribution < 1.29 is 14.6 Å². The molecule has 2 rings (SSSR count). The van der Waals surface area contributed by atoms with Crippen LogP contribution in [-0.4, -0.2) is 48.6 Å². The lowest BCUT2D eigenvalue weighted by Crippen LogP contribution is -2.44. The molecule has 0 amide bonds. The molecule has 0 aromatic heterocycles. The van der Waals surface area contributed by atoms with Gasteiger partial charge in [0, 0.05) is 19.5 Å². The number of phenolic OH excluding ortho intramolecular Hbond substituents is 1. The van der Waals surface area contributed by atoms with E-state index in [0.717, 1.165) is 12.1 Å². The molecular weight excluding hydrogens is 218 g/mol. The van der Waals surface area contributed by atoms with Gasteiger partial charge in [0.05, 0.1) is 6.61 Å². The summed E-state index contributed by atoms with van der Waals surface area (Å²) in [6, 6.07) is 6.79. The molecule has 1 aromatic rings. The van der Waals surface area contributed by atoms with Crippen LogP contribution in [0.3, 0.4) is 0 Å². The van der Waals surface area contributed by atoms with Crippen LogP contribution < -0.4 is 0 Å². The van der Waals surface area contributed by atoms with Crippen molar-refractivity contribution in [2.24, 2.45) is 0 Å². The number of carbonyl (C=O) groups is 1. The first-order valence-corrected chi connectivity index (χ1v) is 5.76. The summed E-state index contributed by atoms with van der Waals surface area (Å²) in [4.78, 5) is 14.1. The van der Waals surface area contributed by atoms with Crippen LogP contribution in [0.4, 0.5) is 0 Å². The highest BCUT2D eigenvalue weighted by molar-refractivity contribution is 5.85. The molecule has 1 unspecified atom stereocenters. The summed E-state index contributed by atoms with van der Waals surface area (Å²) >= 11 is 0. The van der Waals surface area contributed by atoms with Gasteiger partial charge in [-0.1, -0.05) is 12.1 Å². The minimum absolute atomic E-state index is 0.0714. The lowest BCUT2D eigenvalue weighted by molar-refractivity contribution is -0.134. The van der Waals surface area contributed by atoms with E-state index in [1.165, 1.54) is 0 Å². The molecule has 0 aliphatic carbocycles. The van der Waals surface area contributed by atoms with E-state index in [-0.39, 0.29) is 17.6 Å². The minimum Gasteiger partial charge on any atom is -0.508 e. The maximum atomic E-state index is 12.0. The molecule has 1 aliphatic rings. The average molecular weight is 235 g/mol. The molecular formula is C13H17NO3. The Morgan fingerprint density at radius 1 is 1.59 bits per heavy atom. The Morgan fingerprint density at radius 2 is 2.41 bits per heavy atom. The maximum Gasteiger partial charge on any atom is 0.167 e. The molecule has 17 heavy (non-hydrogen) atoms. The number of rotatable bonds is 3. The molecule has 1 fully saturated rings. The van der Waals surface area contributed by atoms with Gasteiger partial charge in [0.1, 0.15) is 11.9 Å². The highest BCUT2D eigenvalue weighted by atomic mass is 16.5. The van der Waals surface area contributed by atoms with Gasteiger partial charge in [-0.2, -0.15) is 0 Å². The molecule has 4 heteroatoms. The van der Waals surface area contributed by atoms with Crippen LogP contribution in [0.2, 0.25) is 0 Å². The summed E-state index contributed by atoms with van der Waals surface area (Å²) in [5.41, 5.74) is 0.826. The molecule has 1 aliphatic heterocycles. The Morgan fingerprint density at radius 3 is 3.12 bits per heavy atom.